The van der Waals surface area contributed by atoms with Crippen LogP contribution in [0.3, 0.4) is 0 Å². The van der Waals surface area contributed by atoms with Gasteiger partial charge in [0.15, 0.2) is 0 Å². The van der Waals surface area contributed by atoms with Crippen LogP contribution in [0.5, 0.6) is 0 Å². The second-order valence-corrected chi connectivity index (χ2v) is 6.76. The predicted octanol–water partition coefficient (Wildman–Crippen LogP) is 3.87. The van der Waals surface area contributed by atoms with E-state index in [2.05, 4.69) is 29.2 Å². The van der Waals surface area contributed by atoms with E-state index in [0.29, 0.717) is 17.6 Å². The van der Waals surface area contributed by atoms with Crippen molar-refractivity contribution in [3.63, 3.8) is 0 Å². The average molecular weight is 304 g/mol. The summed E-state index contributed by atoms with van der Waals surface area (Å²) in [7, 11) is 0. The van der Waals surface area contributed by atoms with Gasteiger partial charge in [-0.2, -0.15) is 4.98 Å². The fraction of sp³-hybridized carbons (Fsp3) is 0.500. The van der Waals surface area contributed by atoms with Crippen molar-refractivity contribution in [1.29, 1.82) is 0 Å². The first-order valence-corrected chi connectivity index (χ1v) is 8.49. The SMILES string of the molecule is CCSc1ccc(-c2noc(C3CCC(O)CC3)n2)cc1. The van der Waals surface area contributed by atoms with Crippen molar-refractivity contribution >= 4 is 11.8 Å². The molecule has 1 N–H and O–H groups in total. The Morgan fingerprint density at radius 1 is 1.19 bits per heavy atom. The lowest BCUT2D eigenvalue weighted by atomic mass is 9.87. The molecule has 0 unspecified atom stereocenters. The topological polar surface area (TPSA) is 59.2 Å². The molecule has 112 valence electrons. The molecule has 0 aliphatic heterocycles. The summed E-state index contributed by atoms with van der Waals surface area (Å²) in [5.74, 6) is 2.73. The summed E-state index contributed by atoms with van der Waals surface area (Å²) in [6, 6.07) is 8.27. The van der Waals surface area contributed by atoms with Crippen molar-refractivity contribution in [1.82, 2.24) is 10.1 Å². The lowest BCUT2D eigenvalue weighted by Gasteiger charge is -2.22. The van der Waals surface area contributed by atoms with Gasteiger partial charge in [0.2, 0.25) is 11.7 Å². The third-order valence-electron chi connectivity index (χ3n) is 3.91. The first-order valence-electron chi connectivity index (χ1n) is 7.51. The Labute approximate surface area is 129 Å². The molecular weight excluding hydrogens is 284 g/mol. The molecule has 1 aromatic heterocycles. The van der Waals surface area contributed by atoms with Crippen LogP contribution in [-0.4, -0.2) is 27.1 Å². The Hall–Kier alpha value is -1.33. The molecule has 0 radical (unpaired) electrons. The summed E-state index contributed by atoms with van der Waals surface area (Å²) in [5, 5.41) is 13.7. The highest BCUT2D eigenvalue weighted by Crippen LogP contribution is 2.33. The lowest BCUT2D eigenvalue weighted by Crippen LogP contribution is -2.17. The minimum atomic E-state index is -0.160. The van der Waals surface area contributed by atoms with E-state index in [9.17, 15) is 5.11 Å². The second-order valence-electron chi connectivity index (χ2n) is 5.42. The van der Waals surface area contributed by atoms with Crippen LogP contribution in [0.15, 0.2) is 33.7 Å². The molecule has 5 heteroatoms. The van der Waals surface area contributed by atoms with E-state index < -0.39 is 0 Å². The van der Waals surface area contributed by atoms with Crippen LogP contribution < -0.4 is 0 Å². The van der Waals surface area contributed by atoms with E-state index >= 15 is 0 Å². The molecule has 1 aliphatic carbocycles. The molecule has 4 nitrogen and oxygen atoms in total. The molecule has 0 atom stereocenters. The first-order chi connectivity index (χ1) is 10.3. The number of aromatic nitrogens is 2. The van der Waals surface area contributed by atoms with Crippen molar-refractivity contribution in [3.8, 4) is 11.4 Å². The van der Waals surface area contributed by atoms with Crippen molar-refractivity contribution in [2.45, 2.75) is 49.5 Å². The average Bonchev–Trinajstić information content (AvgIpc) is 2.99. The third kappa shape index (κ3) is 3.47. The fourth-order valence-corrected chi connectivity index (χ4v) is 3.37. The van der Waals surface area contributed by atoms with Crippen LogP contribution in [0.4, 0.5) is 0 Å². The molecule has 1 fully saturated rings. The summed E-state index contributed by atoms with van der Waals surface area (Å²) in [4.78, 5) is 5.79. The number of aliphatic hydroxyl groups excluding tert-OH is 1. The van der Waals surface area contributed by atoms with Gasteiger partial charge in [0, 0.05) is 16.4 Å². The highest BCUT2D eigenvalue weighted by Gasteiger charge is 2.25. The van der Waals surface area contributed by atoms with Crippen molar-refractivity contribution in [3.05, 3.63) is 30.2 Å². The summed E-state index contributed by atoms with van der Waals surface area (Å²) in [6.45, 7) is 2.14. The molecular formula is C16H20N2O2S. The molecule has 0 spiro atoms. The van der Waals surface area contributed by atoms with Crippen molar-refractivity contribution < 1.29 is 9.63 Å². The van der Waals surface area contributed by atoms with Gasteiger partial charge >= 0.3 is 0 Å². The quantitative estimate of drug-likeness (QED) is 0.869. The molecule has 0 bridgehead atoms. The highest BCUT2D eigenvalue weighted by atomic mass is 32.2. The number of aliphatic hydroxyl groups is 1. The van der Waals surface area contributed by atoms with Crippen LogP contribution in [0, 0.1) is 0 Å². The van der Waals surface area contributed by atoms with E-state index in [1.165, 1.54) is 4.90 Å². The molecule has 0 saturated heterocycles. The normalized spacial score (nSPS) is 22.4. The van der Waals surface area contributed by atoms with Gasteiger partial charge in [0.25, 0.3) is 0 Å². The van der Waals surface area contributed by atoms with Crippen LogP contribution in [0.1, 0.15) is 44.4 Å². The zero-order chi connectivity index (χ0) is 14.7. The molecule has 0 amide bonds. The Morgan fingerprint density at radius 2 is 1.90 bits per heavy atom. The second kappa shape index (κ2) is 6.62. The van der Waals surface area contributed by atoms with E-state index in [-0.39, 0.29) is 6.10 Å². The Bertz CT molecular complexity index is 574. The largest absolute Gasteiger partial charge is 0.393 e. The van der Waals surface area contributed by atoms with Crippen LogP contribution in [-0.2, 0) is 0 Å². The van der Waals surface area contributed by atoms with Gasteiger partial charge in [-0.25, -0.2) is 0 Å². The maximum Gasteiger partial charge on any atom is 0.230 e. The standard InChI is InChI=1S/C16H20N2O2S/c1-2-21-14-9-5-11(6-10-14)15-17-16(20-18-15)12-3-7-13(19)8-4-12/h5-6,9-10,12-13,19H,2-4,7-8H2,1H3. The van der Waals surface area contributed by atoms with Gasteiger partial charge in [-0.05, 0) is 55.7 Å². The van der Waals surface area contributed by atoms with E-state index in [1.807, 2.05) is 23.9 Å². The summed E-state index contributed by atoms with van der Waals surface area (Å²) >= 11 is 1.82. The minimum Gasteiger partial charge on any atom is -0.393 e. The first kappa shape index (κ1) is 14.6. The van der Waals surface area contributed by atoms with Gasteiger partial charge in [-0.1, -0.05) is 12.1 Å². The molecule has 1 aliphatic rings. The van der Waals surface area contributed by atoms with Gasteiger partial charge < -0.3 is 9.63 Å². The fourth-order valence-electron chi connectivity index (χ4n) is 2.71. The van der Waals surface area contributed by atoms with Crippen LogP contribution in [0.2, 0.25) is 0 Å². The molecule has 21 heavy (non-hydrogen) atoms. The van der Waals surface area contributed by atoms with Gasteiger partial charge in [0.1, 0.15) is 0 Å². The van der Waals surface area contributed by atoms with Crippen molar-refractivity contribution in [2.24, 2.45) is 0 Å². The van der Waals surface area contributed by atoms with E-state index in [0.717, 1.165) is 37.0 Å². The molecule has 3 rings (SSSR count). The number of hydrogen-bond acceptors (Lipinski definition) is 5. The van der Waals surface area contributed by atoms with Crippen LogP contribution >= 0.6 is 11.8 Å². The van der Waals surface area contributed by atoms with Crippen molar-refractivity contribution in [2.75, 3.05) is 5.75 Å². The summed E-state index contributed by atoms with van der Waals surface area (Å²) in [5.41, 5.74) is 0.987. The number of thioether (sulfide) groups is 1. The Kier molecular flexibility index (Phi) is 4.60. The van der Waals surface area contributed by atoms with E-state index in [4.69, 9.17) is 4.52 Å². The summed E-state index contributed by atoms with van der Waals surface area (Å²) < 4.78 is 5.42. The zero-order valence-corrected chi connectivity index (χ0v) is 13.0. The van der Waals surface area contributed by atoms with Gasteiger partial charge in [-0.15, -0.1) is 11.8 Å². The smallest absolute Gasteiger partial charge is 0.230 e. The number of hydrogen-bond donors (Lipinski definition) is 1. The number of benzene rings is 1. The molecule has 1 aromatic carbocycles. The molecule has 1 saturated carbocycles. The predicted molar refractivity (Wildman–Crippen MR) is 83.3 cm³/mol. The Morgan fingerprint density at radius 3 is 2.57 bits per heavy atom. The van der Waals surface area contributed by atoms with Gasteiger partial charge in [-0.3, -0.25) is 0 Å². The van der Waals surface area contributed by atoms with E-state index in [1.54, 1.807) is 0 Å². The van der Waals surface area contributed by atoms with Crippen LogP contribution in [0.25, 0.3) is 11.4 Å². The lowest BCUT2D eigenvalue weighted by molar-refractivity contribution is 0.116. The molecule has 1 heterocycles. The summed E-state index contributed by atoms with van der Waals surface area (Å²) in [6.07, 6.45) is 3.34. The van der Waals surface area contributed by atoms with Gasteiger partial charge in [0.05, 0.1) is 6.10 Å². The molecule has 2 aromatic rings. The minimum absolute atomic E-state index is 0.160. The Balaban J connectivity index is 1.72. The maximum atomic E-state index is 9.56. The number of rotatable bonds is 4. The number of nitrogens with zero attached hydrogens (tertiary/aromatic N) is 2. The zero-order valence-electron chi connectivity index (χ0n) is 12.2. The third-order valence-corrected chi connectivity index (χ3v) is 4.81. The monoisotopic (exact) mass is 304 g/mol. The highest BCUT2D eigenvalue weighted by molar-refractivity contribution is 7.99. The maximum absolute atomic E-state index is 9.56.